The van der Waals surface area contributed by atoms with E-state index in [9.17, 15) is 10.4 Å². The van der Waals surface area contributed by atoms with Crippen LogP contribution in [0.1, 0.15) is 50.6 Å². The molecule has 1 saturated heterocycles. The summed E-state index contributed by atoms with van der Waals surface area (Å²) >= 11 is 0. The van der Waals surface area contributed by atoms with E-state index in [1.54, 1.807) is 0 Å². The van der Waals surface area contributed by atoms with Crippen molar-refractivity contribution in [3.05, 3.63) is 34.9 Å². The number of hydrogen-bond acceptors (Lipinski definition) is 4. The Hall–Kier alpha value is -1.39. The smallest absolute Gasteiger partial charge is 0.136 e. The Bertz CT molecular complexity index is 833. The molecule has 2 N–H and O–H groups in total. The van der Waals surface area contributed by atoms with Crippen molar-refractivity contribution in [2.24, 2.45) is 0 Å². The molecule has 1 fully saturated rings. The molecular formula is C23H36N2O2Si2. The third kappa shape index (κ3) is 5.21. The van der Waals surface area contributed by atoms with Crippen LogP contribution in [0.5, 0.6) is 0 Å². The Morgan fingerprint density at radius 1 is 0.724 bits per heavy atom. The van der Waals surface area contributed by atoms with Gasteiger partial charge in [-0.3, -0.25) is 0 Å². The zero-order valence-electron chi connectivity index (χ0n) is 19.6. The van der Waals surface area contributed by atoms with Gasteiger partial charge in [0.05, 0.1) is 11.1 Å². The average molecular weight is 429 g/mol. The van der Waals surface area contributed by atoms with Gasteiger partial charge in [0, 0.05) is 11.1 Å². The Labute approximate surface area is 178 Å². The number of hydrogen-bond donors (Lipinski definition) is 2. The Morgan fingerprint density at radius 2 is 1.07 bits per heavy atom. The first-order valence-corrected chi connectivity index (χ1v) is 17.1. The van der Waals surface area contributed by atoms with E-state index in [1.165, 1.54) is 10.1 Å². The molecule has 0 saturated carbocycles. The highest BCUT2D eigenvalue weighted by Crippen LogP contribution is 2.47. The zero-order valence-corrected chi connectivity index (χ0v) is 21.6. The summed E-state index contributed by atoms with van der Waals surface area (Å²) in [5.41, 5.74) is 8.06. The molecular weight excluding hydrogens is 392 g/mol. The van der Waals surface area contributed by atoms with Crippen LogP contribution in [0, 0.1) is 22.9 Å². The van der Waals surface area contributed by atoms with E-state index in [0.717, 1.165) is 16.7 Å². The normalized spacial score (nSPS) is 20.0. The van der Waals surface area contributed by atoms with Crippen molar-refractivity contribution in [2.45, 2.75) is 84.2 Å². The van der Waals surface area contributed by atoms with Crippen molar-refractivity contribution >= 4 is 16.1 Å². The molecule has 158 valence electrons. The van der Waals surface area contributed by atoms with E-state index in [4.69, 9.17) is 0 Å². The standard InChI is InChI=1S/C23H36N2O2Si2/c1-22(2)23(3,4)25(27)21(24(22)26)20-16-18(11-13-28(5,6)7)15-19(17-20)12-14-29(8,9)10/h15-17,21,26-27H,1-10H3. The predicted molar refractivity (Wildman–Crippen MR) is 125 cm³/mol. The fourth-order valence-corrected chi connectivity index (χ4v) is 4.06. The minimum Gasteiger partial charge on any atom is -0.311 e. The monoisotopic (exact) mass is 428 g/mol. The minimum atomic E-state index is -1.54. The van der Waals surface area contributed by atoms with Gasteiger partial charge in [-0.2, -0.15) is 10.1 Å². The minimum absolute atomic E-state index is 0.642. The van der Waals surface area contributed by atoms with Crippen LogP contribution in [0.15, 0.2) is 18.2 Å². The maximum atomic E-state index is 10.9. The second kappa shape index (κ2) is 7.70. The van der Waals surface area contributed by atoms with Gasteiger partial charge >= 0.3 is 0 Å². The molecule has 2 rings (SSSR count). The molecule has 1 aliphatic heterocycles. The maximum absolute atomic E-state index is 10.9. The van der Waals surface area contributed by atoms with Gasteiger partial charge in [-0.1, -0.05) is 51.1 Å². The molecule has 0 radical (unpaired) electrons. The molecule has 4 nitrogen and oxygen atoms in total. The summed E-state index contributed by atoms with van der Waals surface area (Å²) < 4.78 is 0. The van der Waals surface area contributed by atoms with Gasteiger partial charge in [0.1, 0.15) is 22.3 Å². The fourth-order valence-electron chi connectivity index (χ4n) is 3.02. The molecule has 0 atom stereocenters. The molecule has 0 unspecified atom stereocenters. The Balaban J connectivity index is 2.64. The molecule has 1 aromatic carbocycles. The van der Waals surface area contributed by atoms with Crippen molar-refractivity contribution < 1.29 is 10.4 Å². The lowest BCUT2D eigenvalue weighted by Crippen LogP contribution is -2.52. The molecule has 0 amide bonds. The van der Waals surface area contributed by atoms with Crippen molar-refractivity contribution in [1.82, 2.24) is 10.1 Å². The van der Waals surface area contributed by atoms with Gasteiger partial charge in [0.25, 0.3) is 0 Å². The average Bonchev–Trinajstić information content (AvgIpc) is 2.67. The van der Waals surface area contributed by atoms with Crippen molar-refractivity contribution in [2.75, 3.05) is 0 Å². The first-order chi connectivity index (χ1) is 13.0. The van der Waals surface area contributed by atoms with E-state index >= 15 is 0 Å². The second-order valence-corrected chi connectivity index (χ2v) is 20.5. The lowest BCUT2D eigenvalue weighted by Gasteiger charge is -2.37. The van der Waals surface area contributed by atoms with Gasteiger partial charge in [-0.05, 0) is 51.5 Å². The fraction of sp³-hybridized carbons (Fsp3) is 0.565. The molecule has 1 aromatic rings. The van der Waals surface area contributed by atoms with E-state index in [1.807, 2.05) is 45.9 Å². The molecule has 6 heteroatoms. The van der Waals surface area contributed by atoms with Crippen LogP contribution < -0.4 is 0 Å². The third-order valence-corrected chi connectivity index (χ3v) is 7.27. The number of hydroxylamine groups is 4. The first kappa shape index (κ1) is 23.9. The SMILES string of the molecule is CC1(C)N(O)C(c2cc(C#C[Si](C)(C)C)cc(C#C[Si](C)(C)C)c2)N(O)C1(C)C. The lowest BCUT2D eigenvalue weighted by molar-refractivity contribution is -0.223. The van der Waals surface area contributed by atoms with Crippen LogP contribution >= 0.6 is 0 Å². The lowest BCUT2D eigenvalue weighted by atomic mass is 9.84. The van der Waals surface area contributed by atoms with E-state index in [-0.39, 0.29) is 0 Å². The summed E-state index contributed by atoms with van der Waals surface area (Å²) in [6.07, 6.45) is -0.680. The van der Waals surface area contributed by atoms with Crippen LogP contribution in [-0.4, -0.2) is 47.8 Å². The Morgan fingerprint density at radius 3 is 1.38 bits per heavy atom. The second-order valence-electron chi connectivity index (χ2n) is 11.0. The van der Waals surface area contributed by atoms with Crippen molar-refractivity contribution in [1.29, 1.82) is 0 Å². The summed E-state index contributed by atoms with van der Waals surface area (Å²) in [5.74, 6) is 6.62. The summed E-state index contributed by atoms with van der Waals surface area (Å²) in [4.78, 5) is 0. The maximum Gasteiger partial charge on any atom is 0.136 e. The number of nitrogens with zero attached hydrogens (tertiary/aromatic N) is 2. The van der Waals surface area contributed by atoms with E-state index in [0.29, 0.717) is 0 Å². The van der Waals surface area contributed by atoms with Gasteiger partial charge in [-0.15, -0.1) is 11.1 Å². The first-order valence-electron chi connectivity index (χ1n) is 10.1. The molecule has 0 bridgehead atoms. The third-order valence-electron chi connectivity index (χ3n) is 5.52. The van der Waals surface area contributed by atoms with Crippen LogP contribution in [0.4, 0.5) is 0 Å². The van der Waals surface area contributed by atoms with Gasteiger partial charge in [0.2, 0.25) is 0 Å². The summed E-state index contributed by atoms with van der Waals surface area (Å²) in [6, 6.07) is 5.93. The Kier molecular flexibility index (Phi) is 6.34. The van der Waals surface area contributed by atoms with Crippen molar-refractivity contribution in [3.63, 3.8) is 0 Å². The molecule has 1 heterocycles. The summed E-state index contributed by atoms with van der Waals surface area (Å²) in [7, 11) is -3.08. The van der Waals surface area contributed by atoms with Crippen LogP contribution in [-0.2, 0) is 0 Å². The number of benzene rings is 1. The summed E-state index contributed by atoms with van der Waals surface area (Å²) in [5, 5.41) is 24.4. The van der Waals surface area contributed by atoms with Crippen LogP contribution in [0.2, 0.25) is 39.3 Å². The highest BCUT2D eigenvalue weighted by Gasteiger charge is 2.58. The quantitative estimate of drug-likeness (QED) is 0.483. The van der Waals surface area contributed by atoms with Crippen LogP contribution in [0.25, 0.3) is 0 Å². The molecule has 1 aliphatic rings. The number of rotatable bonds is 1. The highest BCUT2D eigenvalue weighted by molar-refractivity contribution is 6.84. The van der Waals surface area contributed by atoms with Crippen molar-refractivity contribution in [3.8, 4) is 22.9 Å². The van der Waals surface area contributed by atoms with E-state index < -0.39 is 33.4 Å². The van der Waals surface area contributed by atoms with Gasteiger partial charge < -0.3 is 10.4 Å². The van der Waals surface area contributed by atoms with Crippen LogP contribution in [0.3, 0.4) is 0 Å². The molecule has 0 aliphatic carbocycles. The zero-order chi connectivity index (χ0) is 22.4. The predicted octanol–water partition coefficient (Wildman–Crippen LogP) is 5.10. The topological polar surface area (TPSA) is 46.9 Å². The van der Waals surface area contributed by atoms with E-state index in [2.05, 4.69) is 62.2 Å². The molecule has 0 aromatic heterocycles. The van der Waals surface area contributed by atoms with Gasteiger partial charge in [-0.25, -0.2) is 0 Å². The molecule has 29 heavy (non-hydrogen) atoms. The summed E-state index contributed by atoms with van der Waals surface area (Å²) in [6.45, 7) is 21.0. The molecule has 0 spiro atoms. The largest absolute Gasteiger partial charge is 0.311 e. The highest BCUT2D eigenvalue weighted by atomic mass is 28.3. The van der Waals surface area contributed by atoms with Gasteiger partial charge in [0.15, 0.2) is 0 Å².